The Morgan fingerprint density at radius 2 is 1.92 bits per heavy atom. The number of carbonyl (C=O) groups is 2. The van der Waals surface area contributed by atoms with Crippen LogP contribution in [0, 0.1) is 5.41 Å². The van der Waals surface area contributed by atoms with Crippen molar-refractivity contribution in [3.63, 3.8) is 0 Å². The molecule has 0 aromatic rings. The molecule has 0 bridgehead atoms. The summed E-state index contributed by atoms with van der Waals surface area (Å²) < 4.78 is 0. The van der Waals surface area contributed by atoms with E-state index in [1.807, 2.05) is 0 Å². The molecule has 1 N–H and O–H groups in total. The van der Waals surface area contributed by atoms with Gasteiger partial charge in [-0.1, -0.05) is 0 Å². The highest BCUT2D eigenvalue weighted by Gasteiger charge is 2.32. The molecule has 2 rings (SSSR count). The van der Waals surface area contributed by atoms with Crippen LogP contribution in [-0.2, 0) is 4.79 Å². The summed E-state index contributed by atoms with van der Waals surface area (Å²) in [7, 11) is 0. The van der Waals surface area contributed by atoms with Gasteiger partial charge in [-0.15, -0.1) is 0 Å². The molecule has 0 aromatic heterocycles. The lowest BCUT2D eigenvalue weighted by Crippen LogP contribution is -2.34. The van der Waals surface area contributed by atoms with E-state index in [0.29, 0.717) is 18.6 Å². The van der Waals surface area contributed by atoms with E-state index in [9.17, 15) is 9.59 Å². The molecular weight excluding hydrogens is 158 g/mol. The lowest BCUT2D eigenvalue weighted by atomic mass is 9.93. The molecule has 1 heterocycles. The summed E-state index contributed by atoms with van der Waals surface area (Å²) >= 11 is 0. The molecule has 60 valence electrons. The predicted octanol–water partition coefficient (Wildman–Crippen LogP) is 0.385. The van der Waals surface area contributed by atoms with Crippen molar-refractivity contribution in [2.45, 2.75) is 12.8 Å². The molecule has 0 saturated heterocycles. The summed E-state index contributed by atoms with van der Waals surface area (Å²) in [4.78, 5) is 28.8. The molecule has 0 aromatic carbocycles. The quantitative estimate of drug-likeness (QED) is 0.560. The fraction of sp³-hybridized carbons (Fsp3) is 0.286. The van der Waals surface area contributed by atoms with Gasteiger partial charge in [0.2, 0.25) is 5.78 Å². The average molecular weight is 163 g/mol. The second-order valence-electron chi connectivity index (χ2n) is 2.61. The van der Waals surface area contributed by atoms with Gasteiger partial charge in [-0.2, -0.15) is 9.98 Å². The summed E-state index contributed by atoms with van der Waals surface area (Å²) in [6.45, 7) is 0. The van der Waals surface area contributed by atoms with E-state index in [-0.39, 0.29) is 11.4 Å². The van der Waals surface area contributed by atoms with E-state index in [1.165, 1.54) is 0 Å². The van der Waals surface area contributed by atoms with E-state index in [2.05, 4.69) is 9.98 Å². The first-order chi connectivity index (χ1) is 5.68. The molecule has 5 nitrogen and oxygen atoms in total. The first-order valence-electron chi connectivity index (χ1n) is 3.51. The number of amides is 2. The van der Waals surface area contributed by atoms with E-state index in [0.717, 1.165) is 0 Å². The van der Waals surface area contributed by atoms with Crippen molar-refractivity contribution < 1.29 is 9.59 Å². The fourth-order valence-electron chi connectivity index (χ4n) is 1.21. The summed E-state index contributed by atoms with van der Waals surface area (Å²) in [6.07, 6.45) is 0.846. The Morgan fingerprint density at radius 1 is 1.17 bits per heavy atom. The fourth-order valence-corrected chi connectivity index (χ4v) is 1.21. The standard InChI is InChI=1S/C7H5N3O2/c8-3-1-2-4-5(6(3)11)10-7(12)9-4/h8H,1-2H2. The van der Waals surface area contributed by atoms with Crippen LogP contribution < -0.4 is 0 Å². The van der Waals surface area contributed by atoms with Gasteiger partial charge in [0.25, 0.3) is 0 Å². The van der Waals surface area contributed by atoms with Crippen LogP contribution in [0.2, 0.25) is 0 Å². The zero-order valence-corrected chi connectivity index (χ0v) is 6.13. The van der Waals surface area contributed by atoms with Crippen LogP contribution in [0.5, 0.6) is 0 Å². The van der Waals surface area contributed by atoms with Gasteiger partial charge < -0.3 is 5.41 Å². The topological polar surface area (TPSA) is 82.7 Å². The van der Waals surface area contributed by atoms with E-state index < -0.39 is 11.8 Å². The van der Waals surface area contributed by atoms with Gasteiger partial charge in [-0.25, -0.2) is 4.79 Å². The van der Waals surface area contributed by atoms with Crippen LogP contribution in [0.15, 0.2) is 9.98 Å². The maximum atomic E-state index is 11.2. The second-order valence-corrected chi connectivity index (χ2v) is 2.61. The number of hydrogen-bond donors (Lipinski definition) is 1. The molecule has 0 radical (unpaired) electrons. The number of fused-ring (bicyclic) bond motifs is 1. The Hall–Kier alpha value is -1.65. The molecule has 12 heavy (non-hydrogen) atoms. The lowest BCUT2D eigenvalue weighted by Gasteiger charge is -2.09. The number of nitrogens with zero attached hydrogens (tertiary/aromatic N) is 2. The third-order valence-electron chi connectivity index (χ3n) is 1.81. The number of nitrogens with one attached hydrogen (secondary N) is 1. The minimum Gasteiger partial charge on any atom is -0.301 e. The Labute approximate surface area is 67.7 Å². The Bertz CT molecular complexity index is 365. The smallest absolute Gasteiger partial charge is 0.301 e. The highest BCUT2D eigenvalue weighted by molar-refractivity contribution is 6.84. The van der Waals surface area contributed by atoms with Crippen molar-refractivity contribution in [1.29, 1.82) is 5.41 Å². The van der Waals surface area contributed by atoms with Crippen LogP contribution in [0.25, 0.3) is 0 Å². The van der Waals surface area contributed by atoms with Crippen molar-refractivity contribution in [3.05, 3.63) is 0 Å². The number of aliphatic imine (C=N–C) groups is 2. The van der Waals surface area contributed by atoms with Gasteiger partial charge in [-0.05, 0) is 12.8 Å². The highest BCUT2D eigenvalue weighted by Crippen LogP contribution is 2.13. The zero-order chi connectivity index (χ0) is 8.72. The van der Waals surface area contributed by atoms with E-state index >= 15 is 0 Å². The molecule has 0 spiro atoms. The Morgan fingerprint density at radius 3 is 2.67 bits per heavy atom. The number of rotatable bonds is 0. The predicted molar refractivity (Wildman–Crippen MR) is 42.2 cm³/mol. The first kappa shape index (κ1) is 7.02. The molecule has 1 aliphatic carbocycles. The summed E-state index contributed by atoms with van der Waals surface area (Å²) in [5.74, 6) is -0.453. The Balaban J connectivity index is 2.47. The van der Waals surface area contributed by atoms with Gasteiger partial charge in [0, 0.05) is 0 Å². The van der Waals surface area contributed by atoms with E-state index in [4.69, 9.17) is 5.41 Å². The van der Waals surface area contributed by atoms with E-state index in [1.54, 1.807) is 0 Å². The molecule has 1 saturated carbocycles. The SMILES string of the molecule is N=C1CCC2=NC(=O)N=C2C1=O. The summed E-state index contributed by atoms with van der Waals surface area (Å²) in [5.41, 5.74) is 0.541. The maximum Gasteiger partial charge on any atom is 0.368 e. The van der Waals surface area contributed by atoms with Crippen LogP contribution in [0.4, 0.5) is 4.79 Å². The summed E-state index contributed by atoms with van der Waals surface area (Å²) in [5, 5.41) is 7.22. The van der Waals surface area contributed by atoms with Crippen molar-refractivity contribution in [3.8, 4) is 0 Å². The minimum atomic E-state index is -0.622. The number of urea groups is 1. The zero-order valence-electron chi connectivity index (χ0n) is 6.13. The van der Waals surface area contributed by atoms with Crippen molar-refractivity contribution in [2.75, 3.05) is 0 Å². The number of ketones is 1. The third kappa shape index (κ3) is 0.827. The van der Waals surface area contributed by atoms with Crippen molar-refractivity contribution >= 4 is 28.9 Å². The van der Waals surface area contributed by atoms with Gasteiger partial charge >= 0.3 is 6.03 Å². The van der Waals surface area contributed by atoms with Crippen LogP contribution in [0.3, 0.4) is 0 Å². The minimum absolute atomic E-state index is 0.0161. The van der Waals surface area contributed by atoms with Gasteiger partial charge in [0.05, 0.1) is 11.4 Å². The lowest BCUT2D eigenvalue weighted by molar-refractivity contribution is -0.107. The maximum absolute atomic E-state index is 11.2. The monoisotopic (exact) mass is 163 g/mol. The van der Waals surface area contributed by atoms with Gasteiger partial charge in [-0.3, -0.25) is 4.79 Å². The molecule has 0 unspecified atom stereocenters. The third-order valence-corrected chi connectivity index (χ3v) is 1.81. The molecule has 5 heteroatoms. The highest BCUT2D eigenvalue weighted by atomic mass is 16.2. The second kappa shape index (κ2) is 2.17. The molecule has 1 aliphatic heterocycles. The number of hydrogen-bond acceptors (Lipinski definition) is 3. The first-order valence-corrected chi connectivity index (χ1v) is 3.51. The number of Topliss-reactive ketones (excluding diaryl/α,β-unsaturated/α-hetero) is 1. The Kier molecular flexibility index (Phi) is 1.27. The van der Waals surface area contributed by atoms with Gasteiger partial charge in [0.15, 0.2) is 0 Å². The van der Waals surface area contributed by atoms with Crippen LogP contribution >= 0.6 is 0 Å². The molecule has 2 aliphatic rings. The molecule has 1 fully saturated rings. The normalized spacial score (nSPS) is 22.2. The van der Waals surface area contributed by atoms with Crippen LogP contribution in [0.1, 0.15) is 12.8 Å². The molecular formula is C7H5N3O2. The van der Waals surface area contributed by atoms with Gasteiger partial charge in [0.1, 0.15) is 5.71 Å². The van der Waals surface area contributed by atoms with Crippen molar-refractivity contribution in [2.24, 2.45) is 9.98 Å². The molecule has 2 amide bonds. The number of carbonyl (C=O) groups excluding carboxylic acids is 2. The largest absolute Gasteiger partial charge is 0.368 e. The molecule has 0 atom stereocenters. The van der Waals surface area contributed by atoms with Crippen LogP contribution in [-0.4, -0.2) is 28.9 Å². The van der Waals surface area contributed by atoms with Crippen molar-refractivity contribution in [1.82, 2.24) is 0 Å². The summed E-state index contributed by atoms with van der Waals surface area (Å²) in [6, 6.07) is -0.622. The average Bonchev–Trinajstić information content (AvgIpc) is 2.39.